The van der Waals surface area contributed by atoms with Gasteiger partial charge < -0.3 is 10.6 Å². The molecule has 1 aliphatic rings. The lowest BCUT2D eigenvalue weighted by atomic mass is 10.2. The molecule has 2 rings (SSSR count). The lowest BCUT2D eigenvalue weighted by Crippen LogP contribution is -2.33. The van der Waals surface area contributed by atoms with Crippen LogP contribution >= 0.6 is 0 Å². The van der Waals surface area contributed by atoms with Crippen LogP contribution in [-0.4, -0.2) is 28.4 Å². The second kappa shape index (κ2) is 5.12. The van der Waals surface area contributed by atoms with Gasteiger partial charge in [0.05, 0.1) is 12.4 Å². The van der Waals surface area contributed by atoms with Gasteiger partial charge in [0.15, 0.2) is 0 Å². The van der Waals surface area contributed by atoms with E-state index in [1.54, 1.807) is 12.4 Å². The summed E-state index contributed by atoms with van der Waals surface area (Å²) in [5.41, 5.74) is 5.80. The summed E-state index contributed by atoms with van der Waals surface area (Å²) in [5, 5.41) is 7.29. The molecule has 0 aliphatic heterocycles. The van der Waals surface area contributed by atoms with E-state index in [2.05, 4.69) is 21.8 Å². The zero-order valence-corrected chi connectivity index (χ0v) is 10.2. The Morgan fingerprint density at radius 2 is 2.12 bits per heavy atom. The molecule has 0 aromatic carbocycles. The number of rotatable bonds is 4. The molecule has 1 fully saturated rings. The van der Waals surface area contributed by atoms with Crippen molar-refractivity contribution in [3.05, 3.63) is 18.1 Å². The zero-order chi connectivity index (χ0) is 12.3. The van der Waals surface area contributed by atoms with Gasteiger partial charge in [0, 0.05) is 12.6 Å². The van der Waals surface area contributed by atoms with Gasteiger partial charge >= 0.3 is 0 Å². The van der Waals surface area contributed by atoms with E-state index in [1.807, 2.05) is 0 Å². The van der Waals surface area contributed by atoms with Crippen LogP contribution in [0, 0.1) is 5.41 Å². The van der Waals surface area contributed by atoms with E-state index < -0.39 is 0 Å². The molecule has 5 heteroatoms. The van der Waals surface area contributed by atoms with Gasteiger partial charge in [0.1, 0.15) is 17.3 Å². The maximum atomic E-state index is 7.29. The molecule has 1 aromatic heterocycles. The molecule has 0 saturated heterocycles. The summed E-state index contributed by atoms with van der Waals surface area (Å²) in [5.74, 6) is 0.859. The van der Waals surface area contributed by atoms with Crippen LogP contribution in [-0.2, 0) is 0 Å². The molecule has 0 unspecified atom stereocenters. The Morgan fingerprint density at radius 1 is 1.41 bits per heavy atom. The van der Waals surface area contributed by atoms with Crippen molar-refractivity contribution in [1.29, 1.82) is 5.41 Å². The second-order valence-corrected chi connectivity index (χ2v) is 4.40. The van der Waals surface area contributed by atoms with Gasteiger partial charge in [0.25, 0.3) is 0 Å². The first-order chi connectivity index (χ1) is 8.22. The van der Waals surface area contributed by atoms with E-state index in [1.165, 1.54) is 25.7 Å². The number of nitrogens with zero attached hydrogens (tertiary/aromatic N) is 3. The average molecular weight is 233 g/mol. The number of aromatic nitrogens is 2. The van der Waals surface area contributed by atoms with E-state index in [0.29, 0.717) is 11.7 Å². The highest BCUT2D eigenvalue weighted by molar-refractivity contribution is 5.92. The molecule has 5 nitrogen and oxygen atoms in total. The van der Waals surface area contributed by atoms with Gasteiger partial charge in [-0.25, -0.2) is 9.97 Å². The molecule has 0 atom stereocenters. The minimum Gasteiger partial charge on any atom is -0.382 e. The van der Waals surface area contributed by atoms with E-state index >= 15 is 0 Å². The number of anilines is 1. The predicted molar refractivity (Wildman–Crippen MR) is 68.3 cm³/mol. The first-order valence-corrected chi connectivity index (χ1v) is 6.15. The maximum absolute atomic E-state index is 7.29. The molecule has 0 radical (unpaired) electrons. The Labute approximate surface area is 102 Å². The van der Waals surface area contributed by atoms with Crippen molar-refractivity contribution in [3.8, 4) is 0 Å². The molecule has 1 aromatic rings. The summed E-state index contributed by atoms with van der Waals surface area (Å²) >= 11 is 0. The van der Waals surface area contributed by atoms with Crippen LogP contribution in [0.25, 0.3) is 0 Å². The molecule has 1 heterocycles. The van der Waals surface area contributed by atoms with E-state index in [-0.39, 0.29) is 5.84 Å². The third kappa shape index (κ3) is 2.54. The molecular weight excluding hydrogens is 214 g/mol. The van der Waals surface area contributed by atoms with Crippen molar-refractivity contribution in [1.82, 2.24) is 9.97 Å². The number of hydrogen-bond acceptors (Lipinski definition) is 4. The van der Waals surface area contributed by atoms with Gasteiger partial charge in [-0.3, -0.25) is 5.41 Å². The fraction of sp³-hybridized carbons (Fsp3) is 0.583. The summed E-state index contributed by atoms with van der Waals surface area (Å²) in [6.45, 7) is 3.08. The highest BCUT2D eigenvalue weighted by Gasteiger charge is 2.22. The van der Waals surface area contributed by atoms with Crippen molar-refractivity contribution < 1.29 is 0 Å². The molecular formula is C12H19N5. The molecule has 0 amide bonds. The van der Waals surface area contributed by atoms with Crippen LogP contribution < -0.4 is 10.6 Å². The second-order valence-electron chi connectivity index (χ2n) is 4.40. The van der Waals surface area contributed by atoms with Crippen LogP contribution in [0.4, 0.5) is 5.82 Å². The smallest absolute Gasteiger partial charge is 0.147 e. The fourth-order valence-corrected chi connectivity index (χ4v) is 2.43. The van der Waals surface area contributed by atoms with Crippen LogP contribution in [0.1, 0.15) is 38.3 Å². The number of nitrogens with one attached hydrogen (secondary N) is 1. The molecule has 3 N–H and O–H groups in total. The first-order valence-electron chi connectivity index (χ1n) is 6.15. The van der Waals surface area contributed by atoms with Crippen molar-refractivity contribution in [2.24, 2.45) is 5.73 Å². The van der Waals surface area contributed by atoms with Gasteiger partial charge in [-0.05, 0) is 19.8 Å². The predicted octanol–water partition coefficient (Wildman–Crippen LogP) is 1.53. The Hall–Kier alpha value is -1.65. The minimum atomic E-state index is -0.0343. The van der Waals surface area contributed by atoms with Gasteiger partial charge in [-0.1, -0.05) is 12.8 Å². The summed E-state index contributed by atoms with van der Waals surface area (Å²) in [6.07, 6.45) is 8.39. The number of nitrogens with two attached hydrogens (primary N) is 1. The fourth-order valence-electron chi connectivity index (χ4n) is 2.43. The molecule has 0 spiro atoms. The molecule has 1 aliphatic carbocycles. The van der Waals surface area contributed by atoms with Crippen molar-refractivity contribution >= 4 is 11.7 Å². The number of amidine groups is 1. The lowest BCUT2D eigenvalue weighted by Gasteiger charge is -2.28. The molecule has 1 saturated carbocycles. The average Bonchev–Trinajstić information content (AvgIpc) is 2.84. The van der Waals surface area contributed by atoms with Crippen LogP contribution in [0.3, 0.4) is 0 Å². The van der Waals surface area contributed by atoms with Crippen molar-refractivity contribution in [2.75, 3.05) is 11.4 Å². The van der Waals surface area contributed by atoms with Gasteiger partial charge in [0.2, 0.25) is 0 Å². The van der Waals surface area contributed by atoms with Crippen LogP contribution in [0.5, 0.6) is 0 Å². The summed E-state index contributed by atoms with van der Waals surface area (Å²) < 4.78 is 0. The number of nitrogen functional groups attached to an aromatic ring is 1. The Balaban J connectivity index is 2.16. The summed E-state index contributed by atoms with van der Waals surface area (Å²) in [4.78, 5) is 10.8. The summed E-state index contributed by atoms with van der Waals surface area (Å²) in [7, 11) is 0. The summed E-state index contributed by atoms with van der Waals surface area (Å²) in [6, 6.07) is 0.595. The normalized spacial score (nSPS) is 16.1. The standard InChI is InChI=1S/C12H19N5/c1-2-17(9-5-3-4-6-9)11-8-15-10(7-16-11)12(13)14/h7-9H,2-6H2,1H3,(H3,13,14). The SMILES string of the molecule is CCN(c1cnc(C(=N)N)cn1)C1CCCC1. The van der Waals surface area contributed by atoms with Crippen molar-refractivity contribution in [2.45, 2.75) is 38.6 Å². The van der Waals surface area contributed by atoms with Gasteiger partial charge in [-0.15, -0.1) is 0 Å². The van der Waals surface area contributed by atoms with Crippen LogP contribution in [0.2, 0.25) is 0 Å². The highest BCUT2D eigenvalue weighted by Crippen LogP contribution is 2.26. The van der Waals surface area contributed by atoms with E-state index in [9.17, 15) is 0 Å². The van der Waals surface area contributed by atoms with Crippen molar-refractivity contribution in [3.63, 3.8) is 0 Å². The number of hydrogen-bond donors (Lipinski definition) is 2. The largest absolute Gasteiger partial charge is 0.382 e. The van der Waals surface area contributed by atoms with E-state index in [0.717, 1.165) is 12.4 Å². The monoisotopic (exact) mass is 233 g/mol. The Morgan fingerprint density at radius 3 is 2.59 bits per heavy atom. The quantitative estimate of drug-likeness (QED) is 0.610. The third-order valence-electron chi connectivity index (χ3n) is 3.31. The van der Waals surface area contributed by atoms with Gasteiger partial charge in [-0.2, -0.15) is 0 Å². The van der Waals surface area contributed by atoms with E-state index in [4.69, 9.17) is 11.1 Å². The first kappa shape index (κ1) is 11.8. The lowest BCUT2D eigenvalue weighted by molar-refractivity contribution is 0.612. The maximum Gasteiger partial charge on any atom is 0.147 e. The minimum absolute atomic E-state index is 0.0343. The molecule has 0 bridgehead atoms. The van der Waals surface area contributed by atoms with Crippen LogP contribution in [0.15, 0.2) is 12.4 Å². The topological polar surface area (TPSA) is 78.9 Å². The Bertz CT molecular complexity index is 380. The third-order valence-corrected chi connectivity index (χ3v) is 3.31. The Kier molecular flexibility index (Phi) is 3.56. The molecule has 92 valence electrons. The zero-order valence-electron chi connectivity index (χ0n) is 10.2. The highest BCUT2D eigenvalue weighted by atomic mass is 15.2. The molecule has 17 heavy (non-hydrogen) atoms.